The highest BCUT2D eigenvalue weighted by Crippen LogP contribution is 2.40. The van der Waals surface area contributed by atoms with Gasteiger partial charge in [0.15, 0.2) is 6.61 Å². The Balaban J connectivity index is 1.43. The van der Waals surface area contributed by atoms with Crippen LogP contribution in [0.15, 0.2) is 60.7 Å². The molecular formula is C22H26N2O3. The minimum Gasteiger partial charge on any atom is -0.484 e. The van der Waals surface area contributed by atoms with Gasteiger partial charge < -0.3 is 15.4 Å². The lowest BCUT2D eigenvalue weighted by atomic mass is 9.79. The lowest BCUT2D eigenvalue weighted by Gasteiger charge is -2.30. The number of benzene rings is 2. The van der Waals surface area contributed by atoms with E-state index in [9.17, 15) is 9.59 Å². The SMILES string of the molecule is O=C(CNC(=O)COc1ccccc1)NCC1(c2ccccc2)CCCC1. The monoisotopic (exact) mass is 366 g/mol. The number of amides is 2. The van der Waals surface area contributed by atoms with E-state index in [2.05, 4.69) is 22.8 Å². The van der Waals surface area contributed by atoms with Gasteiger partial charge in [0.25, 0.3) is 5.91 Å². The molecule has 0 bridgehead atoms. The van der Waals surface area contributed by atoms with E-state index in [0.29, 0.717) is 12.3 Å². The Labute approximate surface area is 160 Å². The van der Waals surface area contributed by atoms with Gasteiger partial charge in [0.2, 0.25) is 5.91 Å². The number of nitrogens with one attached hydrogen (secondary N) is 2. The fourth-order valence-electron chi connectivity index (χ4n) is 3.64. The first-order valence-electron chi connectivity index (χ1n) is 9.45. The van der Waals surface area contributed by atoms with Crippen molar-refractivity contribution in [1.29, 1.82) is 0 Å². The summed E-state index contributed by atoms with van der Waals surface area (Å²) in [6.45, 7) is 0.458. The summed E-state index contributed by atoms with van der Waals surface area (Å²) >= 11 is 0. The van der Waals surface area contributed by atoms with Crippen molar-refractivity contribution < 1.29 is 14.3 Å². The number of carbonyl (C=O) groups is 2. The first kappa shape index (κ1) is 19.0. The van der Waals surface area contributed by atoms with Crippen LogP contribution in [0.2, 0.25) is 0 Å². The summed E-state index contributed by atoms with van der Waals surface area (Å²) < 4.78 is 5.37. The van der Waals surface area contributed by atoms with E-state index in [0.717, 1.165) is 12.8 Å². The molecule has 0 atom stereocenters. The normalized spacial score (nSPS) is 15.1. The van der Waals surface area contributed by atoms with E-state index in [-0.39, 0.29) is 30.4 Å². The Hall–Kier alpha value is -2.82. The third-order valence-electron chi connectivity index (χ3n) is 5.13. The molecule has 1 saturated carbocycles. The molecule has 1 fully saturated rings. The summed E-state index contributed by atoms with van der Waals surface area (Å²) in [5.74, 6) is 0.140. The lowest BCUT2D eigenvalue weighted by Crippen LogP contribution is -2.44. The van der Waals surface area contributed by atoms with Crippen LogP contribution in [0.1, 0.15) is 31.2 Å². The molecule has 0 spiro atoms. The lowest BCUT2D eigenvalue weighted by molar-refractivity contribution is -0.127. The van der Waals surface area contributed by atoms with Gasteiger partial charge in [-0.25, -0.2) is 0 Å². The number of carbonyl (C=O) groups excluding carboxylic acids is 2. The minimum atomic E-state index is -0.312. The zero-order valence-electron chi connectivity index (χ0n) is 15.4. The molecule has 0 radical (unpaired) electrons. The second kappa shape index (κ2) is 9.21. The molecule has 5 heteroatoms. The van der Waals surface area contributed by atoms with E-state index in [1.54, 1.807) is 12.1 Å². The Morgan fingerprint density at radius 2 is 1.48 bits per heavy atom. The molecule has 0 aromatic heterocycles. The van der Waals surface area contributed by atoms with Crippen molar-refractivity contribution >= 4 is 11.8 Å². The number of ether oxygens (including phenoxy) is 1. The van der Waals surface area contributed by atoms with Gasteiger partial charge in [0, 0.05) is 12.0 Å². The molecule has 0 aliphatic heterocycles. The van der Waals surface area contributed by atoms with Gasteiger partial charge in [-0.3, -0.25) is 9.59 Å². The summed E-state index contributed by atoms with van der Waals surface area (Å²) in [7, 11) is 0. The van der Waals surface area contributed by atoms with Crippen molar-refractivity contribution in [2.45, 2.75) is 31.1 Å². The molecule has 0 saturated heterocycles. The van der Waals surface area contributed by atoms with Crippen LogP contribution < -0.4 is 15.4 Å². The zero-order chi connectivity index (χ0) is 19.0. The molecule has 1 aliphatic rings. The summed E-state index contributed by atoms with van der Waals surface area (Å²) in [5, 5.41) is 5.60. The van der Waals surface area contributed by atoms with Crippen LogP contribution in [0, 0.1) is 0 Å². The maximum absolute atomic E-state index is 12.2. The molecule has 2 N–H and O–H groups in total. The Morgan fingerprint density at radius 1 is 0.852 bits per heavy atom. The van der Waals surface area contributed by atoms with Crippen LogP contribution in [-0.2, 0) is 15.0 Å². The third-order valence-corrected chi connectivity index (χ3v) is 5.13. The molecule has 1 aliphatic carbocycles. The van der Waals surface area contributed by atoms with Crippen LogP contribution in [0.3, 0.4) is 0 Å². The number of para-hydroxylation sites is 1. The largest absolute Gasteiger partial charge is 0.484 e. The van der Waals surface area contributed by atoms with E-state index in [1.165, 1.54) is 18.4 Å². The highest BCUT2D eigenvalue weighted by atomic mass is 16.5. The van der Waals surface area contributed by atoms with E-state index >= 15 is 0 Å². The highest BCUT2D eigenvalue weighted by Gasteiger charge is 2.35. The quantitative estimate of drug-likeness (QED) is 0.755. The minimum absolute atomic E-state index is 0.0113. The van der Waals surface area contributed by atoms with Crippen LogP contribution >= 0.6 is 0 Å². The van der Waals surface area contributed by atoms with E-state index in [1.807, 2.05) is 36.4 Å². The van der Waals surface area contributed by atoms with Gasteiger partial charge in [-0.2, -0.15) is 0 Å². The van der Waals surface area contributed by atoms with Crippen molar-refractivity contribution in [2.24, 2.45) is 0 Å². The second-order valence-corrected chi connectivity index (χ2v) is 7.01. The Morgan fingerprint density at radius 3 is 2.15 bits per heavy atom. The molecule has 5 nitrogen and oxygen atoms in total. The van der Waals surface area contributed by atoms with Gasteiger partial charge >= 0.3 is 0 Å². The van der Waals surface area contributed by atoms with Crippen molar-refractivity contribution in [2.75, 3.05) is 19.7 Å². The van der Waals surface area contributed by atoms with Crippen molar-refractivity contribution in [3.8, 4) is 5.75 Å². The molecule has 2 aromatic rings. The molecule has 142 valence electrons. The molecule has 0 unspecified atom stereocenters. The molecule has 2 aromatic carbocycles. The number of hydrogen-bond donors (Lipinski definition) is 2. The standard InChI is InChI=1S/C22H26N2O3/c25-20(15-23-21(26)16-27-19-11-5-2-6-12-19)24-17-22(13-7-8-14-22)18-9-3-1-4-10-18/h1-6,9-12H,7-8,13-17H2,(H,23,26)(H,24,25). The Kier molecular flexibility index (Phi) is 6.47. The maximum atomic E-state index is 12.2. The van der Waals surface area contributed by atoms with Gasteiger partial charge in [0.05, 0.1) is 6.54 Å². The van der Waals surface area contributed by atoms with E-state index < -0.39 is 0 Å². The van der Waals surface area contributed by atoms with Crippen molar-refractivity contribution in [3.63, 3.8) is 0 Å². The second-order valence-electron chi connectivity index (χ2n) is 7.01. The van der Waals surface area contributed by atoms with Gasteiger partial charge in [-0.1, -0.05) is 61.4 Å². The summed E-state index contributed by atoms with van der Waals surface area (Å²) in [6.07, 6.45) is 4.51. The molecule has 27 heavy (non-hydrogen) atoms. The number of rotatable bonds is 8. The molecular weight excluding hydrogens is 340 g/mol. The highest BCUT2D eigenvalue weighted by molar-refractivity contribution is 5.85. The molecule has 0 heterocycles. The third kappa shape index (κ3) is 5.33. The van der Waals surface area contributed by atoms with Gasteiger partial charge in [-0.15, -0.1) is 0 Å². The van der Waals surface area contributed by atoms with Crippen LogP contribution in [0.5, 0.6) is 5.75 Å². The predicted octanol–water partition coefficient (Wildman–Crippen LogP) is 2.81. The topological polar surface area (TPSA) is 67.4 Å². The van der Waals surface area contributed by atoms with Crippen LogP contribution in [0.25, 0.3) is 0 Å². The van der Waals surface area contributed by atoms with Crippen LogP contribution in [-0.4, -0.2) is 31.5 Å². The fourth-order valence-corrected chi connectivity index (χ4v) is 3.64. The van der Waals surface area contributed by atoms with Gasteiger partial charge in [0.1, 0.15) is 5.75 Å². The zero-order valence-corrected chi connectivity index (χ0v) is 15.4. The first-order chi connectivity index (χ1) is 13.2. The first-order valence-corrected chi connectivity index (χ1v) is 9.45. The average molecular weight is 366 g/mol. The maximum Gasteiger partial charge on any atom is 0.258 e. The summed E-state index contributed by atoms with van der Waals surface area (Å²) in [5.41, 5.74) is 1.29. The fraction of sp³-hybridized carbons (Fsp3) is 0.364. The molecule has 3 rings (SSSR count). The van der Waals surface area contributed by atoms with Crippen LogP contribution in [0.4, 0.5) is 0 Å². The van der Waals surface area contributed by atoms with Crippen molar-refractivity contribution in [1.82, 2.24) is 10.6 Å². The smallest absolute Gasteiger partial charge is 0.258 e. The summed E-state index contributed by atoms with van der Waals surface area (Å²) in [4.78, 5) is 24.0. The van der Waals surface area contributed by atoms with Gasteiger partial charge in [-0.05, 0) is 30.5 Å². The molecule has 2 amide bonds. The van der Waals surface area contributed by atoms with Crippen molar-refractivity contribution in [3.05, 3.63) is 66.2 Å². The Bertz CT molecular complexity index is 741. The predicted molar refractivity (Wildman–Crippen MR) is 105 cm³/mol. The average Bonchev–Trinajstić information content (AvgIpc) is 3.21. The van der Waals surface area contributed by atoms with E-state index in [4.69, 9.17) is 4.74 Å². The summed E-state index contributed by atoms with van der Waals surface area (Å²) in [6, 6.07) is 19.5. The number of hydrogen-bond acceptors (Lipinski definition) is 3.